The van der Waals surface area contributed by atoms with Crippen molar-refractivity contribution in [3.63, 3.8) is 0 Å². The van der Waals surface area contributed by atoms with Crippen molar-refractivity contribution < 1.29 is 18.9 Å². The molecule has 1 aromatic rings. The van der Waals surface area contributed by atoms with Crippen LogP contribution in [-0.2, 0) is 9.13 Å². The summed E-state index contributed by atoms with van der Waals surface area (Å²) in [5, 5.41) is 0.574. The molecule has 0 fully saturated rings. The SMILES string of the molecule is CP(=O)(O)c1ccc(P(C)(=O)O)cc1.[Mg]. The highest BCUT2D eigenvalue weighted by molar-refractivity contribution is 7.66. The van der Waals surface area contributed by atoms with Crippen LogP contribution in [0.4, 0.5) is 0 Å². The summed E-state index contributed by atoms with van der Waals surface area (Å²) in [5.74, 6) is 0. The molecule has 80 valence electrons. The molecule has 0 saturated heterocycles. The lowest BCUT2D eigenvalue weighted by Crippen LogP contribution is -2.09. The number of hydrogen-bond donors (Lipinski definition) is 2. The normalized spacial score (nSPS) is 18.4. The Labute approximate surface area is 105 Å². The highest BCUT2D eigenvalue weighted by Crippen LogP contribution is 2.36. The van der Waals surface area contributed by atoms with Crippen molar-refractivity contribution >= 4 is 48.4 Å². The summed E-state index contributed by atoms with van der Waals surface area (Å²) in [4.78, 5) is 18.4. The Balaban J connectivity index is 0.00000196. The molecule has 2 unspecified atom stereocenters. The molecule has 2 N–H and O–H groups in total. The van der Waals surface area contributed by atoms with E-state index >= 15 is 0 Å². The van der Waals surface area contributed by atoms with Gasteiger partial charge in [-0.15, -0.1) is 0 Å². The van der Waals surface area contributed by atoms with Crippen molar-refractivity contribution in [1.29, 1.82) is 0 Å². The lowest BCUT2D eigenvalue weighted by atomic mass is 10.4. The molecule has 0 aliphatic rings. The molecule has 1 aromatic carbocycles. The van der Waals surface area contributed by atoms with Crippen molar-refractivity contribution in [3.05, 3.63) is 24.3 Å². The smallest absolute Gasteiger partial charge is 0.226 e. The third kappa shape index (κ3) is 4.39. The average Bonchev–Trinajstić information content (AvgIpc) is 2.01. The van der Waals surface area contributed by atoms with Crippen LogP contribution in [0.15, 0.2) is 24.3 Å². The molecule has 0 bridgehead atoms. The van der Waals surface area contributed by atoms with E-state index in [4.69, 9.17) is 0 Å². The van der Waals surface area contributed by atoms with Gasteiger partial charge in [0.05, 0.1) is 0 Å². The molecule has 0 aromatic heterocycles. The lowest BCUT2D eigenvalue weighted by molar-refractivity contribution is 0.494. The summed E-state index contributed by atoms with van der Waals surface area (Å²) in [7, 11) is -6.52. The van der Waals surface area contributed by atoms with E-state index < -0.39 is 14.7 Å². The van der Waals surface area contributed by atoms with Crippen LogP contribution in [0.25, 0.3) is 0 Å². The monoisotopic (exact) mass is 258 g/mol. The highest BCUT2D eigenvalue weighted by Gasteiger charge is 2.17. The Morgan fingerprint density at radius 3 is 1.20 bits per heavy atom. The third-order valence-corrected chi connectivity index (χ3v) is 4.32. The molecule has 0 aliphatic heterocycles. The fourth-order valence-electron chi connectivity index (χ4n) is 1.01. The number of benzene rings is 1. The second kappa shape index (κ2) is 5.13. The maximum atomic E-state index is 11.2. The van der Waals surface area contributed by atoms with Gasteiger partial charge >= 0.3 is 0 Å². The highest BCUT2D eigenvalue weighted by atomic mass is 31.2. The molecule has 0 amide bonds. The Bertz CT molecular complexity index is 376. The standard InChI is InChI=1S/C8H12O4P2.Mg/c1-13(9,10)7-3-5-8(6-4-7)14(2,11)12;/h3-6H,1-2H3,(H,9,10)(H,11,12);. The van der Waals surface area contributed by atoms with E-state index in [2.05, 4.69) is 0 Å². The number of rotatable bonds is 2. The zero-order valence-corrected chi connectivity index (χ0v) is 11.8. The van der Waals surface area contributed by atoms with Crippen molar-refractivity contribution in [2.24, 2.45) is 0 Å². The summed E-state index contributed by atoms with van der Waals surface area (Å²) in [6.45, 7) is 2.46. The van der Waals surface area contributed by atoms with Gasteiger partial charge in [-0.3, -0.25) is 9.13 Å². The van der Waals surface area contributed by atoms with Crippen LogP contribution >= 0.6 is 14.7 Å². The van der Waals surface area contributed by atoms with Crippen LogP contribution in [0.2, 0.25) is 0 Å². The molecule has 2 atom stereocenters. The summed E-state index contributed by atoms with van der Waals surface area (Å²) >= 11 is 0. The van der Waals surface area contributed by atoms with E-state index in [1.807, 2.05) is 0 Å². The van der Waals surface area contributed by atoms with Gasteiger partial charge in [-0.2, -0.15) is 0 Å². The predicted octanol–water partition coefficient (Wildman–Crippen LogP) is 0.357. The minimum Gasteiger partial charge on any atom is -0.341 e. The average molecular weight is 258 g/mol. The Kier molecular flexibility index (Phi) is 5.26. The van der Waals surface area contributed by atoms with Gasteiger partial charge in [0.15, 0.2) is 0 Å². The first kappa shape index (κ1) is 15.4. The maximum Gasteiger partial charge on any atom is 0.226 e. The molecule has 7 heteroatoms. The lowest BCUT2D eigenvalue weighted by Gasteiger charge is -2.08. The van der Waals surface area contributed by atoms with E-state index in [1.165, 1.54) is 37.6 Å². The molecule has 1 rings (SSSR count). The van der Waals surface area contributed by atoms with Crippen LogP contribution in [0.5, 0.6) is 0 Å². The van der Waals surface area contributed by atoms with Gasteiger partial charge in [0.1, 0.15) is 0 Å². The van der Waals surface area contributed by atoms with E-state index in [1.54, 1.807) is 0 Å². The summed E-state index contributed by atoms with van der Waals surface area (Å²) < 4.78 is 22.4. The second-order valence-electron chi connectivity index (χ2n) is 3.27. The van der Waals surface area contributed by atoms with E-state index in [0.29, 0.717) is 0 Å². The molecule has 4 nitrogen and oxygen atoms in total. The second-order valence-corrected chi connectivity index (χ2v) is 7.82. The summed E-state index contributed by atoms with van der Waals surface area (Å²) in [6, 6.07) is 5.62. The quantitative estimate of drug-likeness (QED) is 0.593. The topological polar surface area (TPSA) is 74.6 Å². The minimum absolute atomic E-state index is 0. The predicted molar refractivity (Wildman–Crippen MR) is 63.0 cm³/mol. The van der Waals surface area contributed by atoms with Gasteiger partial charge in [-0.1, -0.05) is 0 Å². The third-order valence-electron chi connectivity index (χ3n) is 1.81. The van der Waals surface area contributed by atoms with Gasteiger partial charge in [0, 0.05) is 47.0 Å². The molecular formula is C8H12MgO4P2. The molecular weight excluding hydrogens is 246 g/mol. The first-order valence-electron chi connectivity index (χ1n) is 3.93. The fraction of sp³-hybridized carbons (Fsp3) is 0.250. The van der Waals surface area contributed by atoms with Crippen LogP contribution in [0.1, 0.15) is 0 Å². The van der Waals surface area contributed by atoms with Crippen molar-refractivity contribution in [2.75, 3.05) is 13.3 Å². The minimum atomic E-state index is -3.26. The first-order valence-corrected chi connectivity index (χ1v) is 8.14. The van der Waals surface area contributed by atoms with Crippen LogP contribution < -0.4 is 10.6 Å². The van der Waals surface area contributed by atoms with Crippen molar-refractivity contribution in [2.45, 2.75) is 0 Å². The van der Waals surface area contributed by atoms with Gasteiger partial charge < -0.3 is 9.79 Å². The Morgan fingerprint density at radius 1 is 0.867 bits per heavy atom. The molecule has 0 spiro atoms. The summed E-state index contributed by atoms with van der Waals surface area (Å²) in [5.41, 5.74) is 0. The maximum absolute atomic E-state index is 11.2. The molecule has 15 heavy (non-hydrogen) atoms. The Hall–Kier alpha value is 0.366. The van der Waals surface area contributed by atoms with Gasteiger partial charge in [0.2, 0.25) is 14.7 Å². The molecule has 0 saturated carbocycles. The molecule has 0 aliphatic carbocycles. The Morgan fingerprint density at radius 2 is 1.07 bits per heavy atom. The van der Waals surface area contributed by atoms with E-state index in [0.717, 1.165) is 0 Å². The first-order chi connectivity index (χ1) is 6.21. The fourth-order valence-corrected chi connectivity index (χ4v) is 2.41. The molecule has 0 heterocycles. The van der Waals surface area contributed by atoms with E-state index in [9.17, 15) is 18.9 Å². The van der Waals surface area contributed by atoms with Crippen LogP contribution in [0.3, 0.4) is 0 Å². The van der Waals surface area contributed by atoms with Crippen molar-refractivity contribution in [1.82, 2.24) is 0 Å². The van der Waals surface area contributed by atoms with E-state index in [-0.39, 0.29) is 33.7 Å². The molecule has 2 radical (unpaired) electrons. The zero-order chi connectivity index (χ0) is 11.0. The zero-order valence-electron chi connectivity index (χ0n) is 8.62. The number of hydrogen-bond acceptors (Lipinski definition) is 2. The van der Waals surface area contributed by atoms with Gasteiger partial charge in [0.25, 0.3) is 0 Å². The van der Waals surface area contributed by atoms with Gasteiger partial charge in [-0.25, -0.2) is 0 Å². The van der Waals surface area contributed by atoms with Crippen LogP contribution in [0, 0.1) is 0 Å². The van der Waals surface area contributed by atoms with Crippen LogP contribution in [-0.4, -0.2) is 46.2 Å². The largest absolute Gasteiger partial charge is 0.341 e. The summed E-state index contributed by atoms with van der Waals surface area (Å²) in [6.07, 6.45) is 0. The van der Waals surface area contributed by atoms with Gasteiger partial charge in [-0.05, 0) is 24.3 Å². The van der Waals surface area contributed by atoms with Crippen molar-refractivity contribution in [3.8, 4) is 0 Å².